The van der Waals surface area contributed by atoms with Crippen LogP contribution >= 0.6 is 0 Å². The van der Waals surface area contributed by atoms with E-state index >= 15 is 0 Å². The Labute approximate surface area is 101 Å². The van der Waals surface area contributed by atoms with Gasteiger partial charge < -0.3 is 20.9 Å². The number of aliphatic hydroxyl groups excluding tert-OH is 1. The Morgan fingerprint density at radius 2 is 1.00 bits per heavy atom. The molecule has 0 spiro atoms. The molecule has 0 fully saturated rings. The van der Waals surface area contributed by atoms with Crippen molar-refractivity contribution in [3.8, 4) is 0 Å². The maximum absolute atomic E-state index is 9.58. The molecule has 0 amide bonds. The zero-order valence-corrected chi connectivity index (χ0v) is 12.5. The van der Waals surface area contributed by atoms with Gasteiger partial charge in [0.1, 0.15) is 0 Å². The van der Waals surface area contributed by atoms with Crippen LogP contribution < -0.4 is 0 Å². The van der Waals surface area contributed by atoms with E-state index in [4.69, 9.17) is 5.11 Å². The first-order valence-corrected chi connectivity index (χ1v) is 6.42. The van der Waals surface area contributed by atoms with Gasteiger partial charge in [0.25, 0.3) is 0 Å². The molecule has 0 unspecified atom stereocenters. The molecule has 4 nitrogen and oxygen atoms in total. The van der Waals surface area contributed by atoms with Crippen LogP contribution in [0.1, 0.15) is 20.8 Å². The van der Waals surface area contributed by atoms with Gasteiger partial charge in [-0.25, -0.2) is 0 Å². The fourth-order valence-corrected chi connectivity index (χ4v) is 2.25. The topological polar surface area (TPSA) is 103 Å². The van der Waals surface area contributed by atoms with Crippen LogP contribution in [0.5, 0.6) is 0 Å². The summed E-state index contributed by atoms with van der Waals surface area (Å²) < 4.78 is 0. The van der Waals surface area contributed by atoms with Crippen molar-refractivity contribution in [1.82, 2.24) is 0 Å². The van der Waals surface area contributed by atoms with Gasteiger partial charge in [-0.3, -0.25) is 0 Å². The smallest absolute Gasteiger partial charge is 0.187 e. The monoisotopic (exact) mass is 290 g/mol. The Morgan fingerprint density at radius 1 is 0.846 bits per heavy atom. The van der Waals surface area contributed by atoms with E-state index < -0.39 is 8.32 Å². The van der Waals surface area contributed by atoms with Crippen molar-refractivity contribution >= 4 is 8.32 Å². The second-order valence-corrected chi connectivity index (χ2v) is 6.86. The summed E-state index contributed by atoms with van der Waals surface area (Å²) in [6.45, 7) is 6.25. The molecule has 84 valence electrons. The summed E-state index contributed by atoms with van der Waals surface area (Å²) in [5.74, 6) is 0. The average molecular weight is 292 g/mol. The number of rotatable bonds is 3. The van der Waals surface area contributed by atoms with Gasteiger partial charge in [-0.15, -0.1) is 0 Å². The number of hydrogen-bond donors (Lipinski definition) is 2. The van der Waals surface area contributed by atoms with E-state index in [1.807, 2.05) is 0 Å². The van der Waals surface area contributed by atoms with Crippen LogP contribution in [0.3, 0.4) is 0 Å². The Kier molecular flexibility index (Phi) is 41.9. The average Bonchev–Trinajstić information content (AvgIpc) is 2.07. The molecule has 0 rings (SSSR count). The molecule has 0 saturated heterocycles. The molecule has 0 aliphatic rings. The summed E-state index contributed by atoms with van der Waals surface area (Å²) in [6, 6.07) is 3.04. The molecule has 0 radical (unpaired) electrons. The largest absolute Gasteiger partial charge is 0.432 e. The predicted molar refractivity (Wildman–Crippen MR) is 54.8 cm³/mol. The third kappa shape index (κ3) is 15.7. The van der Waals surface area contributed by atoms with Gasteiger partial charge in [0, 0.05) is 33.3 Å². The summed E-state index contributed by atoms with van der Waals surface area (Å²) in [5, 5.41) is 7.00. The summed E-state index contributed by atoms with van der Waals surface area (Å²) in [6.07, 6.45) is 0. The SMILES string of the molecule is CC[Si](O)(CC)CC.CO.O.O.[Zr]. The molecule has 0 saturated carbocycles. The summed E-state index contributed by atoms with van der Waals surface area (Å²) in [4.78, 5) is 9.58. The van der Waals surface area contributed by atoms with Gasteiger partial charge in [-0.2, -0.15) is 0 Å². The summed E-state index contributed by atoms with van der Waals surface area (Å²) in [7, 11) is -0.671. The molecular weight excluding hydrogens is 267 g/mol. The molecule has 0 heterocycles. The standard InChI is InChI=1S/C6H16OSi.CH4O.2H2O.Zr/c1-4-8(7,5-2)6-3;1-2;;;/h7H,4-6H2,1-3H3;2H,1H3;2*1H2;. The second-order valence-electron chi connectivity index (χ2n) is 2.29. The first-order chi connectivity index (χ1) is 4.68. The van der Waals surface area contributed by atoms with E-state index in [9.17, 15) is 4.80 Å². The zero-order valence-electron chi connectivity index (χ0n) is 9.02. The molecule has 13 heavy (non-hydrogen) atoms. The third-order valence-corrected chi connectivity index (χ3v) is 5.92. The van der Waals surface area contributed by atoms with E-state index in [0.717, 1.165) is 25.2 Å². The Morgan fingerprint density at radius 3 is 1.00 bits per heavy atom. The molecule has 6 N–H and O–H groups in total. The van der Waals surface area contributed by atoms with Crippen molar-refractivity contribution < 1.29 is 47.1 Å². The van der Waals surface area contributed by atoms with Crippen LogP contribution in [-0.2, 0) is 26.2 Å². The second kappa shape index (κ2) is 18.7. The van der Waals surface area contributed by atoms with E-state index in [0.29, 0.717) is 0 Å². The van der Waals surface area contributed by atoms with Gasteiger partial charge in [-0.05, 0) is 18.1 Å². The Balaban J connectivity index is -0.0000000398. The van der Waals surface area contributed by atoms with Crippen molar-refractivity contribution in [2.45, 2.75) is 38.9 Å². The normalized spacial score (nSPS) is 7.85. The van der Waals surface area contributed by atoms with Gasteiger partial charge >= 0.3 is 0 Å². The van der Waals surface area contributed by atoms with Crippen LogP contribution in [0.2, 0.25) is 18.1 Å². The van der Waals surface area contributed by atoms with Crippen LogP contribution in [-0.4, -0.2) is 36.3 Å². The Bertz CT molecular complexity index is 63.2. The van der Waals surface area contributed by atoms with E-state index in [1.165, 1.54) is 0 Å². The fraction of sp³-hybridized carbons (Fsp3) is 1.00. The van der Waals surface area contributed by atoms with Crippen LogP contribution in [0.25, 0.3) is 0 Å². The van der Waals surface area contributed by atoms with Gasteiger partial charge in [0.05, 0.1) is 0 Å². The van der Waals surface area contributed by atoms with E-state index in [2.05, 4.69) is 20.8 Å². The molecule has 6 heteroatoms. The maximum Gasteiger partial charge on any atom is 0.187 e. The van der Waals surface area contributed by atoms with Crippen LogP contribution in [0, 0.1) is 0 Å². The van der Waals surface area contributed by atoms with Gasteiger partial charge in [0.15, 0.2) is 8.32 Å². The maximum atomic E-state index is 9.58. The molecule has 0 aliphatic heterocycles. The van der Waals surface area contributed by atoms with Crippen LogP contribution in [0.4, 0.5) is 0 Å². The molecular formula is C7H24O4SiZr. The minimum Gasteiger partial charge on any atom is -0.432 e. The van der Waals surface area contributed by atoms with Crippen molar-refractivity contribution in [3.05, 3.63) is 0 Å². The molecule has 0 bridgehead atoms. The van der Waals surface area contributed by atoms with Crippen molar-refractivity contribution in [1.29, 1.82) is 0 Å². The predicted octanol–water partition coefficient (Wildman–Crippen LogP) is -0.0595. The summed E-state index contributed by atoms with van der Waals surface area (Å²) in [5.41, 5.74) is 0. The zero-order chi connectivity index (χ0) is 8.62. The minimum atomic E-state index is -1.67. The molecule has 0 aromatic rings. The van der Waals surface area contributed by atoms with Crippen molar-refractivity contribution in [3.63, 3.8) is 0 Å². The summed E-state index contributed by atoms with van der Waals surface area (Å²) >= 11 is 0. The first kappa shape index (κ1) is 29.2. The van der Waals surface area contributed by atoms with E-state index in [-0.39, 0.29) is 37.2 Å². The molecule has 0 aromatic carbocycles. The Hall–Kier alpha value is 0.940. The molecule has 0 atom stereocenters. The van der Waals surface area contributed by atoms with Crippen molar-refractivity contribution in [2.75, 3.05) is 7.11 Å². The van der Waals surface area contributed by atoms with E-state index in [1.54, 1.807) is 0 Å². The quantitative estimate of drug-likeness (QED) is 0.711. The number of hydrogen-bond acceptors (Lipinski definition) is 2. The van der Waals surface area contributed by atoms with Crippen molar-refractivity contribution in [2.24, 2.45) is 0 Å². The minimum absolute atomic E-state index is 0. The first-order valence-electron chi connectivity index (χ1n) is 3.85. The molecule has 0 aromatic heterocycles. The fourth-order valence-electron chi connectivity index (χ4n) is 0.750. The number of aliphatic hydroxyl groups is 1. The van der Waals surface area contributed by atoms with Gasteiger partial charge in [0.2, 0.25) is 0 Å². The van der Waals surface area contributed by atoms with Crippen LogP contribution in [0.15, 0.2) is 0 Å². The van der Waals surface area contributed by atoms with Gasteiger partial charge in [-0.1, -0.05) is 20.8 Å². The molecule has 0 aliphatic carbocycles. The third-order valence-electron chi connectivity index (χ3n) is 1.97.